The molecule has 2 N–H and O–H groups in total. The van der Waals surface area contributed by atoms with E-state index >= 15 is 0 Å². The van der Waals surface area contributed by atoms with Crippen molar-refractivity contribution in [2.75, 3.05) is 58.3 Å². The molecule has 41 heavy (non-hydrogen) atoms. The highest BCUT2D eigenvalue weighted by Crippen LogP contribution is 2.29. The zero-order chi connectivity index (χ0) is 28.7. The molecule has 1 aliphatic heterocycles. The lowest BCUT2D eigenvalue weighted by molar-refractivity contribution is -0.384. The van der Waals surface area contributed by atoms with Crippen molar-refractivity contribution in [3.05, 3.63) is 113 Å². The summed E-state index contributed by atoms with van der Waals surface area (Å²) in [6.45, 7) is 3.99. The van der Waals surface area contributed by atoms with E-state index in [9.17, 15) is 18.5 Å². The van der Waals surface area contributed by atoms with Gasteiger partial charge in [-0.25, -0.2) is 8.42 Å². The Hall–Kier alpha value is -4.22. The van der Waals surface area contributed by atoms with Gasteiger partial charge in [0.05, 0.1) is 9.82 Å². The van der Waals surface area contributed by atoms with Crippen molar-refractivity contribution in [2.45, 2.75) is 9.79 Å². The van der Waals surface area contributed by atoms with E-state index in [2.05, 4.69) is 32.0 Å². The summed E-state index contributed by atoms with van der Waals surface area (Å²) < 4.78 is 28.7. The summed E-state index contributed by atoms with van der Waals surface area (Å²) in [5, 5.41) is 14.8. The smallest absolute Gasteiger partial charge is 0.293 e. The first kappa shape index (κ1) is 28.3. The molecule has 1 saturated heterocycles. The number of anilines is 4. The van der Waals surface area contributed by atoms with Gasteiger partial charge in [-0.1, -0.05) is 36.4 Å². The summed E-state index contributed by atoms with van der Waals surface area (Å²) in [5.41, 5.74) is 2.60. The number of thioether (sulfide) groups is 1. The van der Waals surface area contributed by atoms with E-state index in [0.717, 1.165) is 42.8 Å². The van der Waals surface area contributed by atoms with Gasteiger partial charge in [0.2, 0.25) is 0 Å². The second-order valence-corrected chi connectivity index (χ2v) is 12.3. The highest BCUT2D eigenvalue weighted by atomic mass is 32.2. The zero-order valence-electron chi connectivity index (χ0n) is 22.3. The maximum atomic E-state index is 13.1. The van der Waals surface area contributed by atoms with Crippen molar-refractivity contribution < 1.29 is 13.3 Å². The predicted octanol–water partition coefficient (Wildman–Crippen LogP) is 5.93. The Labute approximate surface area is 244 Å². The molecule has 0 spiro atoms. The fraction of sp³-hybridized carbons (Fsp3) is 0.200. The average molecular weight is 590 g/mol. The summed E-state index contributed by atoms with van der Waals surface area (Å²) in [6, 6.07) is 31.3. The Bertz CT molecular complexity index is 1560. The van der Waals surface area contributed by atoms with Gasteiger partial charge in [-0.05, 0) is 60.7 Å². The van der Waals surface area contributed by atoms with Crippen LogP contribution in [-0.4, -0.2) is 51.8 Å². The highest BCUT2D eigenvalue weighted by molar-refractivity contribution is 7.99. The number of benzene rings is 4. The molecule has 11 heteroatoms. The number of rotatable bonds is 11. The number of nitrogens with one attached hydrogen (secondary N) is 2. The van der Waals surface area contributed by atoms with Crippen molar-refractivity contribution in [1.29, 1.82) is 0 Å². The van der Waals surface area contributed by atoms with Crippen LogP contribution in [-0.2, 0) is 10.0 Å². The van der Waals surface area contributed by atoms with Crippen LogP contribution in [0.15, 0.2) is 113 Å². The van der Waals surface area contributed by atoms with E-state index in [1.807, 2.05) is 60.7 Å². The molecule has 0 amide bonds. The first-order valence-electron chi connectivity index (χ1n) is 13.3. The van der Waals surface area contributed by atoms with E-state index in [1.54, 1.807) is 23.9 Å². The van der Waals surface area contributed by atoms with Gasteiger partial charge in [0, 0.05) is 66.5 Å². The Kier molecular flexibility index (Phi) is 8.95. The van der Waals surface area contributed by atoms with Gasteiger partial charge in [-0.3, -0.25) is 14.8 Å². The van der Waals surface area contributed by atoms with Crippen LogP contribution in [0.1, 0.15) is 0 Å². The highest BCUT2D eigenvalue weighted by Gasteiger charge is 2.22. The summed E-state index contributed by atoms with van der Waals surface area (Å²) in [5.74, 6) is 0.696. The lowest BCUT2D eigenvalue weighted by atomic mass is 10.2. The first-order chi connectivity index (χ1) is 19.9. The minimum absolute atomic E-state index is 0.172. The lowest BCUT2D eigenvalue weighted by Gasteiger charge is -2.37. The molecule has 5 rings (SSSR count). The minimum Gasteiger partial charge on any atom is -0.379 e. The maximum Gasteiger partial charge on any atom is 0.293 e. The molecule has 212 valence electrons. The molecule has 0 aliphatic carbocycles. The third-order valence-electron chi connectivity index (χ3n) is 6.79. The van der Waals surface area contributed by atoms with E-state index in [1.165, 1.54) is 17.8 Å². The van der Waals surface area contributed by atoms with Gasteiger partial charge >= 0.3 is 0 Å². The summed E-state index contributed by atoms with van der Waals surface area (Å²) >= 11 is 1.63. The second kappa shape index (κ2) is 13.0. The lowest BCUT2D eigenvalue weighted by Crippen LogP contribution is -2.46. The molecule has 4 aromatic carbocycles. The third-order valence-corrected chi connectivity index (χ3v) is 9.18. The van der Waals surface area contributed by atoms with E-state index in [4.69, 9.17) is 0 Å². The molecule has 0 unspecified atom stereocenters. The standard InChI is InChI=1S/C30H31N5O4S2/c36-35(37)30-23-28(15-16-29(30)31-17-22-40-27-9-5-2-6-10-27)41(38,39)32-24-11-13-26(14-12-24)34-20-18-33(19-21-34)25-7-3-1-4-8-25/h1-16,23,31-32H,17-22H2. The third kappa shape index (κ3) is 7.30. The van der Waals surface area contributed by atoms with Crippen molar-refractivity contribution in [1.82, 2.24) is 0 Å². The summed E-state index contributed by atoms with van der Waals surface area (Å²) in [4.78, 5) is 16.7. The monoisotopic (exact) mass is 589 g/mol. The summed E-state index contributed by atoms with van der Waals surface area (Å²) in [6.07, 6.45) is 0. The molecule has 0 atom stereocenters. The summed E-state index contributed by atoms with van der Waals surface area (Å²) in [7, 11) is -4.03. The fourth-order valence-corrected chi connectivity index (χ4v) is 6.53. The molecular formula is C30H31N5O4S2. The number of nitrogens with zero attached hydrogens (tertiary/aromatic N) is 3. The molecule has 1 heterocycles. The van der Waals surface area contributed by atoms with Gasteiger partial charge in [-0.2, -0.15) is 0 Å². The van der Waals surface area contributed by atoms with Crippen molar-refractivity contribution >= 4 is 50.2 Å². The number of hydrogen-bond acceptors (Lipinski definition) is 8. The number of piperazine rings is 1. The van der Waals surface area contributed by atoms with Crippen LogP contribution in [0.25, 0.3) is 0 Å². The maximum absolute atomic E-state index is 13.1. The predicted molar refractivity (Wildman–Crippen MR) is 167 cm³/mol. The molecule has 0 aromatic heterocycles. The van der Waals surface area contributed by atoms with Crippen LogP contribution in [0.2, 0.25) is 0 Å². The number of sulfonamides is 1. The van der Waals surface area contributed by atoms with E-state index < -0.39 is 14.9 Å². The van der Waals surface area contributed by atoms with Crippen LogP contribution >= 0.6 is 11.8 Å². The van der Waals surface area contributed by atoms with Crippen LogP contribution in [0.4, 0.5) is 28.4 Å². The fourth-order valence-electron chi connectivity index (χ4n) is 4.67. The van der Waals surface area contributed by atoms with Crippen molar-refractivity contribution in [2.24, 2.45) is 0 Å². The van der Waals surface area contributed by atoms with Crippen LogP contribution < -0.4 is 19.8 Å². The molecule has 4 aromatic rings. The molecule has 0 bridgehead atoms. The Morgan fingerprint density at radius 3 is 1.98 bits per heavy atom. The number of para-hydroxylation sites is 1. The zero-order valence-corrected chi connectivity index (χ0v) is 24.0. The van der Waals surface area contributed by atoms with E-state index in [-0.39, 0.29) is 16.3 Å². The van der Waals surface area contributed by atoms with Gasteiger partial charge in [0.25, 0.3) is 15.7 Å². The van der Waals surface area contributed by atoms with Gasteiger partial charge in [0.1, 0.15) is 5.69 Å². The molecule has 0 radical (unpaired) electrons. The molecule has 0 saturated carbocycles. The van der Waals surface area contributed by atoms with Gasteiger partial charge in [-0.15, -0.1) is 11.8 Å². The molecule has 1 aliphatic rings. The number of nitro benzene ring substituents is 1. The number of hydrogen-bond donors (Lipinski definition) is 2. The molecular weight excluding hydrogens is 558 g/mol. The first-order valence-corrected chi connectivity index (χ1v) is 15.7. The number of nitro groups is 1. The Morgan fingerprint density at radius 1 is 0.780 bits per heavy atom. The topological polar surface area (TPSA) is 108 Å². The van der Waals surface area contributed by atoms with Crippen molar-refractivity contribution in [3.63, 3.8) is 0 Å². The normalized spacial score (nSPS) is 13.6. The molecule has 1 fully saturated rings. The van der Waals surface area contributed by atoms with Crippen molar-refractivity contribution in [3.8, 4) is 0 Å². The quantitative estimate of drug-likeness (QED) is 0.0960. The Balaban J connectivity index is 1.19. The van der Waals surface area contributed by atoms with Crippen LogP contribution in [0.3, 0.4) is 0 Å². The Morgan fingerprint density at radius 2 is 1.37 bits per heavy atom. The SMILES string of the molecule is O=[N+]([O-])c1cc(S(=O)(=O)Nc2ccc(N3CCN(c4ccccc4)CC3)cc2)ccc1NCCSc1ccccc1. The van der Waals surface area contributed by atoms with Gasteiger partial charge < -0.3 is 15.1 Å². The minimum atomic E-state index is -4.03. The van der Waals surface area contributed by atoms with Crippen LogP contribution in [0.5, 0.6) is 0 Å². The van der Waals surface area contributed by atoms with Crippen LogP contribution in [0, 0.1) is 10.1 Å². The largest absolute Gasteiger partial charge is 0.379 e. The second-order valence-electron chi connectivity index (χ2n) is 9.49. The van der Waals surface area contributed by atoms with E-state index in [0.29, 0.717) is 18.0 Å². The molecule has 9 nitrogen and oxygen atoms in total. The average Bonchev–Trinajstić information content (AvgIpc) is 3.00. The van der Waals surface area contributed by atoms with Gasteiger partial charge in [0.15, 0.2) is 0 Å².